The maximum atomic E-state index is 2.44. The molecule has 0 spiro atoms. The highest BCUT2D eigenvalue weighted by molar-refractivity contribution is 5.63. The van der Waals surface area contributed by atoms with E-state index in [0.717, 1.165) is 0 Å². The molecule has 3 rings (SSSR count). The van der Waals surface area contributed by atoms with Crippen molar-refractivity contribution in [2.24, 2.45) is 7.05 Å². The maximum absolute atomic E-state index is 2.44. The zero-order valence-corrected chi connectivity index (χ0v) is 13.7. The van der Waals surface area contributed by atoms with Gasteiger partial charge in [0.15, 0.2) is 6.20 Å². The Labute approximate surface area is 128 Å². The Morgan fingerprint density at radius 1 is 1.00 bits per heavy atom. The van der Waals surface area contributed by atoms with E-state index in [1.165, 1.54) is 48.1 Å². The Balaban J connectivity index is 2.08. The van der Waals surface area contributed by atoms with Crippen LogP contribution in [0.2, 0.25) is 0 Å². The average molecular weight is 280 g/mol. The van der Waals surface area contributed by atoms with Crippen LogP contribution < -0.4 is 4.57 Å². The number of hydrogen-bond acceptors (Lipinski definition) is 0. The van der Waals surface area contributed by atoms with Gasteiger partial charge in [0, 0.05) is 17.2 Å². The van der Waals surface area contributed by atoms with Gasteiger partial charge in [0.2, 0.25) is 5.69 Å². The fourth-order valence-corrected chi connectivity index (χ4v) is 3.44. The third-order valence-corrected chi connectivity index (χ3v) is 4.79. The summed E-state index contributed by atoms with van der Waals surface area (Å²) in [5, 5.41) is 0. The van der Waals surface area contributed by atoms with E-state index in [-0.39, 0.29) is 0 Å². The molecule has 1 aliphatic carbocycles. The Bertz CT molecular complexity index is 668. The molecule has 1 heteroatoms. The van der Waals surface area contributed by atoms with Crippen LogP contribution in [0.3, 0.4) is 0 Å². The van der Waals surface area contributed by atoms with Gasteiger partial charge >= 0.3 is 0 Å². The summed E-state index contributed by atoms with van der Waals surface area (Å²) in [6.45, 7) is 6.75. The first-order valence-corrected chi connectivity index (χ1v) is 8.18. The summed E-state index contributed by atoms with van der Waals surface area (Å²) in [6, 6.07) is 9.42. The molecule has 0 saturated carbocycles. The third-order valence-electron chi connectivity index (χ3n) is 4.79. The van der Waals surface area contributed by atoms with E-state index in [0.29, 0.717) is 5.92 Å². The molecular weight excluding hydrogens is 254 g/mol. The van der Waals surface area contributed by atoms with E-state index in [4.69, 9.17) is 0 Å². The predicted octanol–water partition coefficient (Wildman–Crippen LogP) is 4.49. The summed E-state index contributed by atoms with van der Waals surface area (Å²) in [5.74, 6) is 0.579. The summed E-state index contributed by atoms with van der Waals surface area (Å²) in [4.78, 5) is 0. The van der Waals surface area contributed by atoms with Gasteiger partial charge in [-0.3, -0.25) is 0 Å². The lowest BCUT2D eigenvalue weighted by Gasteiger charge is -2.18. The lowest BCUT2D eigenvalue weighted by Crippen LogP contribution is -2.31. The molecule has 0 aliphatic heterocycles. The first-order chi connectivity index (χ1) is 10.1. The van der Waals surface area contributed by atoms with E-state index in [9.17, 15) is 0 Å². The van der Waals surface area contributed by atoms with Crippen molar-refractivity contribution >= 4 is 0 Å². The number of aromatic nitrogens is 1. The van der Waals surface area contributed by atoms with Crippen molar-refractivity contribution in [2.45, 2.75) is 52.4 Å². The van der Waals surface area contributed by atoms with Crippen molar-refractivity contribution in [3.8, 4) is 11.3 Å². The highest BCUT2D eigenvalue weighted by Crippen LogP contribution is 2.29. The summed E-state index contributed by atoms with van der Waals surface area (Å²) >= 11 is 0. The SMILES string of the molecule is Cc1cc2c(cc1-c1ccc(C(C)C)c[n+]1C)CCCC2. The lowest BCUT2D eigenvalue weighted by atomic mass is 9.87. The molecule has 1 heterocycles. The van der Waals surface area contributed by atoms with Gasteiger partial charge in [0.25, 0.3) is 0 Å². The molecular formula is C20H26N+. The Hall–Kier alpha value is -1.63. The molecule has 0 radical (unpaired) electrons. The molecule has 0 fully saturated rings. The average Bonchev–Trinajstić information content (AvgIpc) is 2.46. The molecule has 1 aromatic carbocycles. The molecule has 0 amide bonds. The van der Waals surface area contributed by atoms with Gasteiger partial charge in [-0.1, -0.05) is 19.9 Å². The number of nitrogens with zero attached hydrogens (tertiary/aromatic N) is 1. The zero-order valence-electron chi connectivity index (χ0n) is 13.7. The van der Waals surface area contributed by atoms with Gasteiger partial charge in [-0.05, 0) is 67.3 Å². The van der Waals surface area contributed by atoms with E-state index < -0.39 is 0 Å². The Morgan fingerprint density at radius 3 is 2.29 bits per heavy atom. The highest BCUT2D eigenvalue weighted by Gasteiger charge is 2.18. The van der Waals surface area contributed by atoms with Crippen LogP contribution in [-0.4, -0.2) is 0 Å². The van der Waals surface area contributed by atoms with Crippen LogP contribution in [0, 0.1) is 6.92 Å². The second-order valence-corrected chi connectivity index (χ2v) is 6.76. The van der Waals surface area contributed by atoms with Crippen LogP contribution in [-0.2, 0) is 19.9 Å². The summed E-state index contributed by atoms with van der Waals surface area (Å²) < 4.78 is 2.28. The molecule has 21 heavy (non-hydrogen) atoms. The minimum Gasteiger partial charge on any atom is -0.201 e. The largest absolute Gasteiger partial charge is 0.212 e. The number of hydrogen-bond donors (Lipinski definition) is 0. The molecule has 0 N–H and O–H groups in total. The second kappa shape index (κ2) is 5.63. The molecule has 2 aromatic rings. The van der Waals surface area contributed by atoms with Crippen LogP contribution in [0.25, 0.3) is 11.3 Å². The molecule has 0 saturated heterocycles. The first kappa shape index (κ1) is 14.3. The van der Waals surface area contributed by atoms with E-state index >= 15 is 0 Å². The van der Waals surface area contributed by atoms with Crippen LogP contribution in [0.5, 0.6) is 0 Å². The topological polar surface area (TPSA) is 3.88 Å². The third kappa shape index (κ3) is 2.74. The van der Waals surface area contributed by atoms with Crippen LogP contribution in [0.15, 0.2) is 30.5 Å². The number of fused-ring (bicyclic) bond motifs is 1. The van der Waals surface area contributed by atoms with Gasteiger partial charge in [0.1, 0.15) is 7.05 Å². The predicted molar refractivity (Wildman–Crippen MR) is 88.5 cm³/mol. The first-order valence-electron chi connectivity index (χ1n) is 8.18. The number of aryl methyl sites for hydroxylation is 4. The van der Waals surface area contributed by atoms with Crippen LogP contribution in [0.4, 0.5) is 0 Å². The quantitative estimate of drug-likeness (QED) is 0.714. The summed E-state index contributed by atoms with van der Waals surface area (Å²) in [6.07, 6.45) is 7.47. The number of benzene rings is 1. The van der Waals surface area contributed by atoms with Crippen molar-refractivity contribution < 1.29 is 4.57 Å². The van der Waals surface area contributed by atoms with Gasteiger partial charge in [-0.15, -0.1) is 0 Å². The fourth-order valence-electron chi connectivity index (χ4n) is 3.44. The standard InChI is InChI=1S/C20H26N/c1-14(2)18-9-10-20(21(4)13-18)19-12-17-8-6-5-7-16(17)11-15(19)3/h9-14H,5-8H2,1-4H3/q+1. The van der Waals surface area contributed by atoms with Gasteiger partial charge in [-0.2, -0.15) is 0 Å². The molecule has 0 bridgehead atoms. The lowest BCUT2D eigenvalue weighted by molar-refractivity contribution is -0.660. The van der Waals surface area contributed by atoms with E-state index in [1.54, 1.807) is 11.1 Å². The smallest absolute Gasteiger partial charge is 0.201 e. The monoisotopic (exact) mass is 280 g/mol. The molecule has 0 unspecified atom stereocenters. The van der Waals surface area contributed by atoms with Crippen LogP contribution >= 0.6 is 0 Å². The number of rotatable bonds is 2. The molecule has 1 aromatic heterocycles. The molecule has 110 valence electrons. The van der Waals surface area contributed by atoms with Crippen molar-refractivity contribution in [3.05, 3.63) is 52.7 Å². The fraction of sp³-hybridized carbons (Fsp3) is 0.450. The van der Waals surface area contributed by atoms with Crippen LogP contribution in [0.1, 0.15) is 54.9 Å². The molecule has 1 aliphatic rings. The minimum atomic E-state index is 0.579. The Kier molecular flexibility index (Phi) is 3.84. The van der Waals surface area contributed by atoms with Gasteiger partial charge in [0.05, 0.1) is 0 Å². The van der Waals surface area contributed by atoms with E-state index in [1.807, 2.05) is 0 Å². The zero-order chi connectivity index (χ0) is 15.0. The summed E-state index contributed by atoms with van der Waals surface area (Å²) in [7, 11) is 2.17. The van der Waals surface area contributed by atoms with Gasteiger partial charge < -0.3 is 0 Å². The van der Waals surface area contributed by atoms with Gasteiger partial charge in [-0.25, -0.2) is 4.57 Å². The van der Waals surface area contributed by atoms with Crippen molar-refractivity contribution in [3.63, 3.8) is 0 Å². The normalized spacial score (nSPS) is 14.3. The van der Waals surface area contributed by atoms with Crippen molar-refractivity contribution in [1.82, 2.24) is 0 Å². The van der Waals surface area contributed by atoms with Crippen molar-refractivity contribution in [1.29, 1.82) is 0 Å². The van der Waals surface area contributed by atoms with Crippen molar-refractivity contribution in [2.75, 3.05) is 0 Å². The second-order valence-electron chi connectivity index (χ2n) is 6.76. The van der Waals surface area contributed by atoms with E-state index in [2.05, 4.69) is 62.8 Å². The maximum Gasteiger partial charge on any atom is 0.212 e. The number of pyridine rings is 1. The minimum absolute atomic E-state index is 0.579. The highest BCUT2D eigenvalue weighted by atomic mass is 14.9. The summed E-state index contributed by atoms with van der Waals surface area (Å²) in [5.41, 5.74) is 8.66. The molecule has 0 atom stereocenters. The Morgan fingerprint density at radius 2 is 1.67 bits per heavy atom. The molecule has 1 nitrogen and oxygen atoms in total.